The summed E-state index contributed by atoms with van der Waals surface area (Å²) < 4.78 is 10.5. The molecule has 2 N–H and O–H groups in total. The van der Waals surface area contributed by atoms with Gasteiger partial charge in [-0.25, -0.2) is 0 Å². The van der Waals surface area contributed by atoms with Crippen molar-refractivity contribution in [1.82, 2.24) is 0 Å². The molecule has 0 aliphatic rings. The molecule has 0 spiro atoms. The van der Waals surface area contributed by atoms with Crippen LogP contribution in [0.2, 0.25) is 0 Å². The maximum absolute atomic E-state index is 13.3. The molecule has 0 saturated heterocycles. The maximum atomic E-state index is 13.3. The zero-order valence-electron chi connectivity index (χ0n) is 16.6. The van der Waals surface area contributed by atoms with Gasteiger partial charge in [0.25, 0.3) is 0 Å². The number of hydrogen-bond donors (Lipinski definition) is 2. The van der Waals surface area contributed by atoms with Crippen LogP contribution in [0.25, 0.3) is 0 Å². The highest BCUT2D eigenvalue weighted by atomic mass is 16.5. The molecule has 0 radical (unpaired) electrons. The lowest BCUT2D eigenvalue weighted by Gasteiger charge is -2.20. The smallest absolute Gasteiger partial charge is 0.193 e. The third kappa shape index (κ3) is 4.24. The molecule has 1 unspecified atom stereocenters. The number of methoxy groups -OCH3 is 2. The summed E-state index contributed by atoms with van der Waals surface area (Å²) in [7, 11) is 3.00. The van der Waals surface area contributed by atoms with Gasteiger partial charge in [0.15, 0.2) is 17.3 Å². The zero-order chi connectivity index (χ0) is 20.8. The van der Waals surface area contributed by atoms with Crippen molar-refractivity contribution in [2.75, 3.05) is 14.2 Å². The fourth-order valence-corrected chi connectivity index (χ4v) is 3.35. The quantitative estimate of drug-likeness (QED) is 0.644. The maximum Gasteiger partial charge on any atom is 0.193 e. The number of ether oxygens (including phenoxy) is 2. The molecule has 2 rings (SSSR count). The van der Waals surface area contributed by atoms with Crippen molar-refractivity contribution in [2.45, 2.75) is 39.4 Å². The number of ketones is 2. The fraction of sp³-hybridized carbons (Fsp3) is 0.364. The van der Waals surface area contributed by atoms with E-state index in [4.69, 9.17) is 9.47 Å². The van der Waals surface area contributed by atoms with Crippen molar-refractivity contribution < 1.29 is 29.3 Å². The van der Waals surface area contributed by atoms with Crippen LogP contribution in [0, 0.1) is 0 Å². The van der Waals surface area contributed by atoms with E-state index in [0.717, 1.165) is 0 Å². The van der Waals surface area contributed by atoms with Crippen LogP contribution in [0.15, 0.2) is 30.3 Å². The normalized spacial score (nSPS) is 11.8. The summed E-state index contributed by atoms with van der Waals surface area (Å²) in [6.45, 7) is 2.74. The molecule has 0 fully saturated rings. The van der Waals surface area contributed by atoms with E-state index in [2.05, 4.69) is 0 Å². The molecule has 2 aromatic rings. The van der Waals surface area contributed by atoms with E-state index in [0.29, 0.717) is 45.7 Å². The van der Waals surface area contributed by atoms with Gasteiger partial charge in [-0.2, -0.15) is 0 Å². The number of carbonyl (C=O) groups is 2. The van der Waals surface area contributed by atoms with Gasteiger partial charge in [-0.15, -0.1) is 0 Å². The summed E-state index contributed by atoms with van der Waals surface area (Å²) in [4.78, 5) is 25.5. The summed E-state index contributed by atoms with van der Waals surface area (Å²) in [5.74, 6) is 0.0838. The van der Waals surface area contributed by atoms with Crippen molar-refractivity contribution in [3.63, 3.8) is 0 Å². The van der Waals surface area contributed by atoms with Gasteiger partial charge in [0, 0.05) is 17.0 Å². The van der Waals surface area contributed by atoms with Gasteiger partial charge >= 0.3 is 0 Å². The minimum absolute atomic E-state index is 0.0653. The molecule has 0 aliphatic heterocycles. The van der Waals surface area contributed by atoms with E-state index in [1.165, 1.54) is 21.1 Å². The molecule has 0 amide bonds. The molecule has 6 heteroatoms. The minimum atomic E-state index is -0.475. The molecule has 0 aliphatic carbocycles. The number of hydrogen-bond acceptors (Lipinski definition) is 6. The monoisotopic (exact) mass is 386 g/mol. The van der Waals surface area contributed by atoms with Crippen LogP contribution in [0.3, 0.4) is 0 Å². The van der Waals surface area contributed by atoms with Gasteiger partial charge in [-0.3, -0.25) is 9.59 Å². The Balaban J connectivity index is 2.68. The molecule has 2 aromatic carbocycles. The predicted molar refractivity (Wildman–Crippen MR) is 105 cm³/mol. The van der Waals surface area contributed by atoms with Crippen molar-refractivity contribution in [2.24, 2.45) is 0 Å². The highest BCUT2D eigenvalue weighted by Crippen LogP contribution is 2.32. The molecule has 0 saturated carbocycles. The number of rotatable bonds is 9. The van der Waals surface area contributed by atoms with Crippen LogP contribution in [-0.4, -0.2) is 36.0 Å². The third-order valence-corrected chi connectivity index (χ3v) is 4.88. The van der Waals surface area contributed by atoms with Crippen molar-refractivity contribution in [3.05, 3.63) is 58.1 Å². The molecule has 6 nitrogen and oxygen atoms in total. The van der Waals surface area contributed by atoms with Gasteiger partial charge in [0.05, 0.1) is 27.4 Å². The second kappa shape index (κ2) is 9.48. The second-order valence-electron chi connectivity index (χ2n) is 6.49. The Bertz CT molecular complexity index is 872. The van der Waals surface area contributed by atoms with Crippen LogP contribution in [0.4, 0.5) is 0 Å². The standard InChI is InChI=1S/C22H26O6/c1-5-17(13(2)25)18-8-15(11-23)16(12-24)9-19(18)22(26)14-6-7-20(27-3)21(10-14)28-4/h6-10,17,23-24H,5,11-12H2,1-4H3. The first-order chi connectivity index (χ1) is 13.4. The van der Waals surface area contributed by atoms with Crippen LogP contribution >= 0.6 is 0 Å². The van der Waals surface area contributed by atoms with E-state index < -0.39 is 5.92 Å². The summed E-state index contributed by atoms with van der Waals surface area (Å²) in [6, 6.07) is 8.06. The first-order valence-corrected chi connectivity index (χ1v) is 9.06. The largest absolute Gasteiger partial charge is 0.493 e. The average Bonchev–Trinajstić information content (AvgIpc) is 2.72. The van der Waals surface area contributed by atoms with Crippen LogP contribution < -0.4 is 9.47 Å². The summed E-state index contributed by atoms with van der Waals surface area (Å²) in [5.41, 5.74) is 2.21. The van der Waals surface area contributed by atoms with E-state index in [-0.39, 0.29) is 24.8 Å². The zero-order valence-corrected chi connectivity index (χ0v) is 16.6. The lowest BCUT2D eigenvalue weighted by Crippen LogP contribution is -2.16. The number of aliphatic hydroxyl groups excluding tert-OH is 2. The highest BCUT2D eigenvalue weighted by molar-refractivity contribution is 6.11. The topological polar surface area (TPSA) is 93.1 Å². The van der Waals surface area contributed by atoms with E-state index >= 15 is 0 Å². The average molecular weight is 386 g/mol. The fourth-order valence-electron chi connectivity index (χ4n) is 3.35. The Morgan fingerprint density at radius 2 is 1.57 bits per heavy atom. The lowest BCUT2D eigenvalue weighted by atomic mass is 9.84. The first-order valence-electron chi connectivity index (χ1n) is 9.06. The van der Waals surface area contributed by atoms with Crippen molar-refractivity contribution in [1.29, 1.82) is 0 Å². The molecule has 0 bridgehead atoms. The molecule has 1 atom stereocenters. The van der Waals surface area contributed by atoms with Crippen molar-refractivity contribution in [3.8, 4) is 11.5 Å². The molecule has 28 heavy (non-hydrogen) atoms. The molecule has 0 aromatic heterocycles. The Morgan fingerprint density at radius 1 is 0.964 bits per heavy atom. The molecule has 150 valence electrons. The number of aliphatic hydroxyl groups is 2. The number of Topliss-reactive ketones (excluding diaryl/α,β-unsaturated/α-hetero) is 1. The highest BCUT2D eigenvalue weighted by Gasteiger charge is 2.25. The first kappa shape index (κ1) is 21.6. The number of carbonyl (C=O) groups excluding carboxylic acids is 2. The van der Waals surface area contributed by atoms with E-state index in [1.807, 2.05) is 6.92 Å². The molecular formula is C22H26O6. The Kier molecular flexibility index (Phi) is 7.31. The van der Waals surface area contributed by atoms with Crippen LogP contribution in [-0.2, 0) is 18.0 Å². The second-order valence-corrected chi connectivity index (χ2v) is 6.49. The number of benzene rings is 2. The Morgan fingerprint density at radius 3 is 2.07 bits per heavy atom. The Labute approximate surface area is 164 Å². The summed E-state index contributed by atoms with van der Waals surface area (Å²) in [5, 5.41) is 19.3. The van der Waals surface area contributed by atoms with Crippen molar-refractivity contribution >= 4 is 11.6 Å². The van der Waals surface area contributed by atoms with Gasteiger partial charge in [0.2, 0.25) is 0 Å². The summed E-state index contributed by atoms with van der Waals surface area (Å²) >= 11 is 0. The third-order valence-electron chi connectivity index (χ3n) is 4.88. The van der Waals surface area contributed by atoms with Crippen LogP contribution in [0.5, 0.6) is 11.5 Å². The van der Waals surface area contributed by atoms with Gasteiger partial charge in [-0.05, 0) is 54.3 Å². The van der Waals surface area contributed by atoms with Gasteiger partial charge in [-0.1, -0.05) is 13.0 Å². The van der Waals surface area contributed by atoms with Gasteiger partial charge in [0.1, 0.15) is 5.78 Å². The minimum Gasteiger partial charge on any atom is -0.493 e. The molecular weight excluding hydrogens is 360 g/mol. The SMILES string of the molecule is CCC(C(C)=O)c1cc(CO)c(CO)cc1C(=O)c1ccc(OC)c(OC)c1. The summed E-state index contributed by atoms with van der Waals surface area (Å²) in [6.07, 6.45) is 0.519. The van der Waals surface area contributed by atoms with E-state index in [1.54, 1.807) is 30.3 Å². The van der Waals surface area contributed by atoms with E-state index in [9.17, 15) is 19.8 Å². The van der Waals surface area contributed by atoms with Gasteiger partial charge < -0.3 is 19.7 Å². The predicted octanol–water partition coefficient (Wildman–Crippen LogP) is 3.00. The lowest BCUT2D eigenvalue weighted by molar-refractivity contribution is -0.118. The Hall–Kier alpha value is -2.70. The molecule has 0 heterocycles. The van der Waals surface area contributed by atoms with Crippen LogP contribution in [0.1, 0.15) is 58.8 Å².